The van der Waals surface area contributed by atoms with Gasteiger partial charge in [-0.3, -0.25) is 0 Å². The summed E-state index contributed by atoms with van der Waals surface area (Å²) in [7, 11) is 0. The van der Waals surface area contributed by atoms with Crippen molar-refractivity contribution >= 4 is 35.8 Å². The average molecular weight is 232 g/mol. The van der Waals surface area contributed by atoms with E-state index in [1.54, 1.807) is 12.3 Å². The third kappa shape index (κ3) is 3.48. The number of aromatic nitrogens is 1. The Bertz CT molecular complexity index is 354. The van der Waals surface area contributed by atoms with Crippen LogP contribution < -0.4 is 0 Å². The first-order valence-corrected chi connectivity index (χ1v) is 5.03. The Hall–Kier alpha value is -0.360. The largest absolute Gasteiger partial charge is 0.242 e. The molecule has 0 aliphatic heterocycles. The van der Waals surface area contributed by atoms with Crippen LogP contribution in [0, 0.1) is 11.8 Å². The molecule has 1 rings (SSSR count). The molecule has 0 spiro atoms. The molecule has 0 aromatic carbocycles. The minimum absolute atomic E-state index is 0.307. The number of rotatable bonds is 1. The van der Waals surface area contributed by atoms with E-state index in [2.05, 4.69) is 29.5 Å². The molecule has 0 aliphatic rings. The summed E-state index contributed by atoms with van der Waals surface area (Å²) in [5.74, 6) is 6.59. The lowest BCUT2D eigenvalue weighted by Gasteiger charge is -1.93. The second-order valence-electron chi connectivity index (χ2n) is 2.27. The molecular weight excluding hydrogens is 225 g/mol. The zero-order valence-electron chi connectivity index (χ0n) is 6.72. The van der Waals surface area contributed by atoms with Gasteiger partial charge in [0.25, 0.3) is 0 Å². The normalized spacial score (nSPS) is 9.15. The molecule has 0 saturated heterocycles. The van der Waals surface area contributed by atoms with Gasteiger partial charge in [0.05, 0.1) is 5.02 Å². The summed E-state index contributed by atoms with van der Waals surface area (Å²) >= 11 is 15.4. The smallest absolute Gasteiger partial charge is 0.147 e. The molecule has 0 radical (unpaired) electrons. The maximum absolute atomic E-state index is 5.75. The SMILES string of the molecule is SCCC#Cc1cnc(Cl)c(Cl)c1. The minimum Gasteiger partial charge on any atom is -0.242 e. The van der Waals surface area contributed by atoms with Crippen LogP contribution in [0.25, 0.3) is 0 Å². The predicted molar refractivity (Wildman–Crippen MR) is 59.6 cm³/mol. The van der Waals surface area contributed by atoms with E-state index in [1.165, 1.54) is 0 Å². The fourth-order valence-corrected chi connectivity index (χ4v) is 1.09. The van der Waals surface area contributed by atoms with Crippen molar-refractivity contribution in [2.45, 2.75) is 6.42 Å². The molecule has 68 valence electrons. The van der Waals surface area contributed by atoms with Gasteiger partial charge in [0, 0.05) is 23.9 Å². The van der Waals surface area contributed by atoms with Crippen molar-refractivity contribution in [2.75, 3.05) is 5.75 Å². The van der Waals surface area contributed by atoms with Gasteiger partial charge in [-0.2, -0.15) is 12.6 Å². The van der Waals surface area contributed by atoms with E-state index in [0.717, 1.165) is 17.7 Å². The summed E-state index contributed by atoms with van der Waals surface area (Å²) in [5, 5.41) is 0.737. The van der Waals surface area contributed by atoms with Crippen LogP contribution in [-0.4, -0.2) is 10.7 Å². The van der Waals surface area contributed by atoms with Crippen molar-refractivity contribution in [2.24, 2.45) is 0 Å². The van der Waals surface area contributed by atoms with Crippen LogP contribution in [0.4, 0.5) is 0 Å². The van der Waals surface area contributed by atoms with Crippen LogP contribution in [0.2, 0.25) is 10.2 Å². The van der Waals surface area contributed by atoms with Crippen LogP contribution in [0.1, 0.15) is 12.0 Å². The van der Waals surface area contributed by atoms with Crippen LogP contribution in [0.3, 0.4) is 0 Å². The molecule has 0 saturated carbocycles. The Kier molecular flexibility index (Phi) is 4.44. The van der Waals surface area contributed by atoms with Gasteiger partial charge in [-0.05, 0) is 6.07 Å². The molecule has 0 aliphatic carbocycles. The van der Waals surface area contributed by atoms with E-state index < -0.39 is 0 Å². The van der Waals surface area contributed by atoms with E-state index in [-0.39, 0.29) is 0 Å². The standard InChI is InChI=1S/C9H7Cl2NS/c10-8-5-7(3-1-2-4-13)6-12-9(8)11/h5-6,13H,2,4H2. The monoisotopic (exact) mass is 231 g/mol. The molecule has 0 amide bonds. The summed E-state index contributed by atoms with van der Waals surface area (Å²) in [5.41, 5.74) is 0.774. The highest BCUT2D eigenvalue weighted by molar-refractivity contribution is 7.80. The Morgan fingerprint density at radius 3 is 2.85 bits per heavy atom. The van der Waals surface area contributed by atoms with Crippen LogP contribution in [-0.2, 0) is 0 Å². The average Bonchev–Trinajstić information content (AvgIpc) is 2.12. The van der Waals surface area contributed by atoms with Gasteiger partial charge in [-0.1, -0.05) is 35.0 Å². The predicted octanol–water partition coefficient (Wildman–Crippen LogP) is 3.06. The molecule has 0 atom stereocenters. The molecule has 1 nitrogen and oxygen atoms in total. The molecule has 0 bridgehead atoms. The van der Waals surface area contributed by atoms with Crippen LogP contribution >= 0.6 is 35.8 Å². The summed E-state index contributed by atoms with van der Waals surface area (Å²) < 4.78 is 0. The van der Waals surface area contributed by atoms with Gasteiger partial charge in [0.2, 0.25) is 0 Å². The molecule has 0 fully saturated rings. The van der Waals surface area contributed by atoms with Crippen molar-refractivity contribution in [3.63, 3.8) is 0 Å². The van der Waals surface area contributed by atoms with E-state index in [9.17, 15) is 0 Å². The molecule has 0 N–H and O–H groups in total. The van der Waals surface area contributed by atoms with Crippen molar-refractivity contribution < 1.29 is 0 Å². The number of nitrogens with zero attached hydrogens (tertiary/aromatic N) is 1. The first-order chi connectivity index (χ1) is 6.24. The second kappa shape index (κ2) is 5.39. The molecule has 1 aromatic heterocycles. The number of hydrogen-bond donors (Lipinski definition) is 1. The Labute approximate surface area is 92.9 Å². The Morgan fingerprint density at radius 2 is 2.23 bits per heavy atom. The van der Waals surface area contributed by atoms with E-state index in [1.807, 2.05) is 0 Å². The van der Waals surface area contributed by atoms with Gasteiger partial charge in [0.15, 0.2) is 0 Å². The van der Waals surface area contributed by atoms with Gasteiger partial charge in [-0.25, -0.2) is 4.98 Å². The molecule has 0 unspecified atom stereocenters. The van der Waals surface area contributed by atoms with Gasteiger partial charge >= 0.3 is 0 Å². The third-order valence-corrected chi connectivity index (χ3v) is 2.18. The van der Waals surface area contributed by atoms with Gasteiger partial charge < -0.3 is 0 Å². The molecular formula is C9H7Cl2NS. The number of hydrogen-bond acceptors (Lipinski definition) is 2. The fraction of sp³-hybridized carbons (Fsp3) is 0.222. The van der Waals surface area contributed by atoms with Crippen molar-refractivity contribution in [3.8, 4) is 11.8 Å². The van der Waals surface area contributed by atoms with Crippen LogP contribution in [0.15, 0.2) is 12.3 Å². The highest BCUT2D eigenvalue weighted by Gasteiger charge is 1.97. The number of pyridine rings is 1. The van der Waals surface area contributed by atoms with E-state index >= 15 is 0 Å². The molecule has 1 heterocycles. The molecule has 1 aromatic rings. The Balaban J connectivity index is 2.81. The summed E-state index contributed by atoms with van der Waals surface area (Å²) in [6.45, 7) is 0. The zero-order chi connectivity index (χ0) is 9.68. The third-order valence-electron chi connectivity index (χ3n) is 1.27. The first-order valence-electron chi connectivity index (χ1n) is 3.65. The molecule has 4 heteroatoms. The minimum atomic E-state index is 0.307. The Morgan fingerprint density at radius 1 is 1.46 bits per heavy atom. The van der Waals surface area contributed by atoms with Crippen molar-refractivity contribution in [1.29, 1.82) is 0 Å². The lowest BCUT2D eigenvalue weighted by Crippen LogP contribution is -1.80. The highest BCUT2D eigenvalue weighted by atomic mass is 35.5. The second-order valence-corrected chi connectivity index (χ2v) is 3.48. The number of thiol groups is 1. The summed E-state index contributed by atoms with van der Waals surface area (Å²) in [6.07, 6.45) is 2.35. The lowest BCUT2D eigenvalue weighted by atomic mass is 10.3. The topological polar surface area (TPSA) is 12.9 Å². The summed E-state index contributed by atoms with van der Waals surface area (Å²) in [4.78, 5) is 3.87. The molecule has 13 heavy (non-hydrogen) atoms. The van der Waals surface area contributed by atoms with Gasteiger partial charge in [0.1, 0.15) is 5.15 Å². The lowest BCUT2D eigenvalue weighted by molar-refractivity contribution is 1.29. The maximum atomic E-state index is 5.75. The number of halogens is 2. The van der Waals surface area contributed by atoms with E-state index in [0.29, 0.717) is 10.2 Å². The van der Waals surface area contributed by atoms with Gasteiger partial charge in [-0.15, -0.1) is 0 Å². The van der Waals surface area contributed by atoms with Crippen molar-refractivity contribution in [3.05, 3.63) is 28.0 Å². The quantitative estimate of drug-likeness (QED) is 0.446. The summed E-state index contributed by atoms with van der Waals surface area (Å²) in [6, 6.07) is 1.70. The maximum Gasteiger partial charge on any atom is 0.147 e. The van der Waals surface area contributed by atoms with E-state index in [4.69, 9.17) is 23.2 Å². The zero-order valence-corrected chi connectivity index (χ0v) is 9.13. The van der Waals surface area contributed by atoms with Crippen molar-refractivity contribution in [1.82, 2.24) is 4.98 Å². The highest BCUT2D eigenvalue weighted by Crippen LogP contribution is 2.18. The first kappa shape index (κ1) is 10.7. The fourth-order valence-electron chi connectivity index (χ4n) is 0.710. The van der Waals surface area contributed by atoms with Crippen LogP contribution in [0.5, 0.6) is 0 Å².